The van der Waals surface area contributed by atoms with Crippen molar-refractivity contribution in [3.8, 4) is 11.5 Å². The van der Waals surface area contributed by atoms with E-state index < -0.39 is 0 Å². The van der Waals surface area contributed by atoms with Gasteiger partial charge in [0.2, 0.25) is 0 Å². The van der Waals surface area contributed by atoms with E-state index in [2.05, 4.69) is 41.8 Å². The van der Waals surface area contributed by atoms with Crippen molar-refractivity contribution in [2.45, 2.75) is 26.8 Å². The van der Waals surface area contributed by atoms with Crippen LogP contribution in [0.25, 0.3) is 0 Å². The molecule has 0 aliphatic heterocycles. The van der Waals surface area contributed by atoms with Gasteiger partial charge < -0.3 is 14.8 Å². The summed E-state index contributed by atoms with van der Waals surface area (Å²) < 4.78 is 11.8. The molecule has 33 heavy (non-hydrogen) atoms. The molecule has 2 N–H and O–H groups in total. The molecule has 0 spiro atoms. The monoisotopic (exact) mass is 481 g/mol. The Morgan fingerprint density at radius 2 is 1.79 bits per heavy atom. The highest BCUT2D eigenvalue weighted by molar-refractivity contribution is 7.80. The second-order valence-corrected chi connectivity index (χ2v) is 8.27. The van der Waals surface area contributed by atoms with Gasteiger partial charge in [0.05, 0.1) is 6.21 Å². The lowest BCUT2D eigenvalue weighted by Gasteiger charge is -2.12. The van der Waals surface area contributed by atoms with Gasteiger partial charge in [0, 0.05) is 17.1 Å². The minimum absolute atomic E-state index is 0.391. The summed E-state index contributed by atoms with van der Waals surface area (Å²) in [7, 11) is 0. The summed E-state index contributed by atoms with van der Waals surface area (Å²) in [5.41, 5.74) is 7.13. The van der Waals surface area contributed by atoms with Crippen molar-refractivity contribution in [1.82, 2.24) is 10.7 Å². The summed E-state index contributed by atoms with van der Waals surface area (Å²) in [5, 5.41) is 8.35. The molecular formula is C26H28ClN3O2S. The van der Waals surface area contributed by atoms with Gasteiger partial charge in [0.15, 0.2) is 5.11 Å². The Balaban J connectivity index is 1.50. The Labute approximate surface area is 205 Å². The van der Waals surface area contributed by atoms with Crippen LogP contribution in [-0.4, -0.2) is 24.5 Å². The number of hydrogen-bond acceptors (Lipinski definition) is 4. The molecule has 3 aromatic carbocycles. The van der Waals surface area contributed by atoms with Crippen LogP contribution in [0.4, 0.5) is 0 Å². The summed E-state index contributed by atoms with van der Waals surface area (Å²) in [6, 6.07) is 21.7. The van der Waals surface area contributed by atoms with Crippen molar-refractivity contribution in [3.05, 3.63) is 94.0 Å². The van der Waals surface area contributed by atoms with E-state index in [0.29, 0.717) is 35.6 Å². The van der Waals surface area contributed by atoms with Crippen LogP contribution in [0.5, 0.6) is 11.5 Å². The van der Waals surface area contributed by atoms with Gasteiger partial charge in [-0.1, -0.05) is 54.9 Å². The van der Waals surface area contributed by atoms with Crippen molar-refractivity contribution in [1.29, 1.82) is 0 Å². The quantitative estimate of drug-likeness (QED) is 0.169. The average molecular weight is 482 g/mol. The lowest BCUT2D eigenvalue weighted by molar-refractivity contribution is 0.217. The average Bonchev–Trinajstić information content (AvgIpc) is 2.82. The fourth-order valence-electron chi connectivity index (χ4n) is 3.15. The van der Waals surface area contributed by atoms with Crippen molar-refractivity contribution in [2.75, 3.05) is 13.2 Å². The molecule has 0 radical (unpaired) electrons. The molecule has 0 aromatic heterocycles. The van der Waals surface area contributed by atoms with Gasteiger partial charge in [-0.3, -0.25) is 5.43 Å². The van der Waals surface area contributed by atoms with Gasteiger partial charge in [0.25, 0.3) is 0 Å². The molecular weight excluding hydrogens is 454 g/mol. The highest BCUT2D eigenvalue weighted by Crippen LogP contribution is 2.22. The number of nitrogens with one attached hydrogen (secondary N) is 2. The van der Waals surface area contributed by atoms with Crippen LogP contribution in [0.1, 0.15) is 29.2 Å². The van der Waals surface area contributed by atoms with Gasteiger partial charge in [0.1, 0.15) is 24.7 Å². The first-order valence-corrected chi connectivity index (χ1v) is 11.6. The number of hydrazone groups is 1. The van der Waals surface area contributed by atoms with E-state index in [4.69, 9.17) is 33.3 Å². The molecule has 0 aliphatic rings. The second-order valence-electron chi connectivity index (χ2n) is 7.43. The summed E-state index contributed by atoms with van der Waals surface area (Å²) in [5.74, 6) is 1.52. The first-order chi connectivity index (χ1) is 16.0. The normalized spacial score (nSPS) is 10.8. The van der Waals surface area contributed by atoms with Gasteiger partial charge in [-0.05, 0) is 72.6 Å². The van der Waals surface area contributed by atoms with Crippen LogP contribution in [0, 0.1) is 6.92 Å². The number of thiocarbonyl (C=S) groups is 1. The smallest absolute Gasteiger partial charge is 0.187 e. The Kier molecular flexibility index (Phi) is 9.54. The number of ether oxygens (including phenoxy) is 2. The van der Waals surface area contributed by atoms with Gasteiger partial charge in [-0.2, -0.15) is 5.10 Å². The van der Waals surface area contributed by atoms with E-state index in [-0.39, 0.29) is 0 Å². The molecule has 7 heteroatoms. The van der Waals surface area contributed by atoms with Crippen molar-refractivity contribution in [3.63, 3.8) is 0 Å². The predicted octanol–water partition coefficient (Wildman–Crippen LogP) is 5.67. The van der Waals surface area contributed by atoms with Crippen molar-refractivity contribution < 1.29 is 9.47 Å². The van der Waals surface area contributed by atoms with Gasteiger partial charge in [-0.15, -0.1) is 0 Å². The maximum atomic E-state index is 6.16. The maximum Gasteiger partial charge on any atom is 0.187 e. The van der Waals surface area contributed by atoms with Crippen LogP contribution in [0.15, 0.2) is 71.8 Å². The molecule has 0 saturated carbocycles. The Morgan fingerprint density at radius 1 is 1.00 bits per heavy atom. The van der Waals surface area contributed by atoms with E-state index >= 15 is 0 Å². The summed E-state index contributed by atoms with van der Waals surface area (Å²) in [6.45, 7) is 5.64. The predicted molar refractivity (Wildman–Crippen MR) is 140 cm³/mol. The minimum atomic E-state index is 0.391. The van der Waals surface area contributed by atoms with Crippen molar-refractivity contribution >= 4 is 35.1 Å². The molecule has 0 atom stereocenters. The number of benzene rings is 3. The third-order valence-corrected chi connectivity index (χ3v) is 5.24. The number of hydrogen-bond donors (Lipinski definition) is 2. The molecule has 0 amide bonds. The molecule has 0 aliphatic carbocycles. The standard InChI is InChI=1S/C26H28ClN3O2S/c1-3-20-13-19(2)14-24(15-20)31-11-12-32-25-10-9-23(27)16-22(25)18-29-30-26(33)28-17-21-7-5-4-6-8-21/h4-10,13-16,18H,3,11-12,17H2,1-2H3,(H2,28,30,33)/b29-18-. The number of halogens is 1. The molecule has 3 rings (SSSR count). The van der Waals surface area contributed by atoms with E-state index in [1.165, 1.54) is 11.1 Å². The van der Waals surface area contributed by atoms with E-state index in [1.807, 2.05) is 42.5 Å². The first-order valence-electron chi connectivity index (χ1n) is 10.8. The van der Waals surface area contributed by atoms with E-state index in [1.54, 1.807) is 18.3 Å². The van der Waals surface area contributed by atoms with Gasteiger partial charge >= 0.3 is 0 Å². The molecule has 0 heterocycles. The highest BCUT2D eigenvalue weighted by Gasteiger charge is 2.05. The SMILES string of the molecule is CCc1cc(C)cc(OCCOc2ccc(Cl)cc2/C=N\NC(=S)NCc2ccccc2)c1. The van der Waals surface area contributed by atoms with Crippen LogP contribution in [0.2, 0.25) is 5.02 Å². The van der Waals surface area contributed by atoms with Crippen LogP contribution < -0.4 is 20.2 Å². The van der Waals surface area contributed by atoms with Crippen LogP contribution >= 0.6 is 23.8 Å². The number of rotatable bonds is 10. The Morgan fingerprint density at radius 3 is 2.58 bits per heavy atom. The zero-order valence-electron chi connectivity index (χ0n) is 18.8. The summed E-state index contributed by atoms with van der Waals surface area (Å²) in [6.07, 6.45) is 2.61. The third-order valence-electron chi connectivity index (χ3n) is 4.77. The largest absolute Gasteiger partial charge is 0.490 e. The van der Waals surface area contributed by atoms with Crippen LogP contribution in [0.3, 0.4) is 0 Å². The van der Waals surface area contributed by atoms with E-state index in [0.717, 1.165) is 23.3 Å². The molecule has 0 fully saturated rings. The molecule has 172 valence electrons. The van der Waals surface area contributed by atoms with Gasteiger partial charge in [-0.25, -0.2) is 0 Å². The number of nitrogens with zero attached hydrogens (tertiary/aromatic N) is 1. The first kappa shape index (κ1) is 24.6. The highest BCUT2D eigenvalue weighted by atomic mass is 35.5. The maximum absolute atomic E-state index is 6.16. The summed E-state index contributed by atoms with van der Waals surface area (Å²) in [4.78, 5) is 0. The fraction of sp³-hybridized carbons (Fsp3) is 0.231. The molecule has 0 saturated heterocycles. The molecule has 0 bridgehead atoms. The molecule has 3 aromatic rings. The third kappa shape index (κ3) is 8.40. The lowest BCUT2D eigenvalue weighted by atomic mass is 10.1. The zero-order chi connectivity index (χ0) is 23.5. The Bertz CT molecular complexity index is 1090. The van der Waals surface area contributed by atoms with E-state index in [9.17, 15) is 0 Å². The van der Waals surface area contributed by atoms with Crippen LogP contribution in [-0.2, 0) is 13.0 Å². The zero-order valence-corrected chi connectivity index (χ0v) is 20.4. The molecule has 5 nitrogen and oxygen atoms in total. The van der Waals surface area contributed by atoms with Crippen molar-refractivity contribution in [2.24, 2.45) is 5.10 Å². The lowest BCUT2D eigenvalue weighted by Crippen LogP contribution is -2.31. The summed E-state index contributed by atoms with van der Waals surface area (Å²) >= 11 is 11.4. The Hall–Kier alpha value is -3.09. The fourth-order valence-corrected chi connectivity index (χ4v) is 3.46. The minimum Gasteiger partial charge on any atom is -0.490 e. The topological polar surface area (TPSA) is 54.9 Å². The second kappa shape index (κ2) is 12.8. The number of aryl methyl sites for hydroxylation is 2. The molecule has 0 unspecified atom stereocenters.